The molecule has 13 heavy (non-hydrogen) atoms. The highest BCUT2D eigenvalue weighted by atomic mass is 14.6. The van der Waals surface area contributed by atoms with Crippen LogP contribution in [-0.4, -0.2) is 0 Å². The number of hydrogen-bond donors (Lipinski definition) is 0. The van der Waals surface area contributed by atoms with Gasteiger partial charge in [-0.25, -0.2) is 0 Å². The topological polar surface area (TPSA) is 0 Å². The van der Waals surface area contributed by atoms with Crippen molar-refractivity contribution < 1.29 is 0 Å². The van der Waals surface area contributed by atoms with E-state index in [2.05, 4.69) is 27.7 Å². The van der Waals surface area contributed by atoms with E-state index < -0.39 is 0 Å². The van der Waals surface area contributed by atoms with E-state index in [1.807, 2.05) is 0 Å². The Morgan fingerprint density at radius 2 is 1.92 bits per heavy atom. The Morgan fingerprint density at radius 1 is 1.23 bits per heavy atom. The molecule has 0 amide bonds. The highest BCUT2D eigenvalue weighted by Crippen LogP contribution is 2.60. The van der Waals surface area contributed by atoms with Crippen LogP contribution in [0, 0.1) is 35.5 Å². The van der Waals surface area contributed by atoms with Gasteiger partial charge in [0, 0.05) is 0 Å². The second-order valence-corrected chi connectivity index (χ2v) is 5.62. The summed E-state index contributed by atoms with van der Waals surface area (Å²) in [5.74, 6) is 6.30. The molecule has 0 aromatic rings. The first-order chi connectivity index (χ1) is 6.16. The molecule has 0 aromatic heterocycles. The van der Waals surface area contributed by atoms with E-state index in [0.29, 0.717) is 0 Å². The van der Waals surface area contributed by atoms with E-state index in [-0.39, 0.29) is 0 Å². The van der Waals surface area contributed by atoms with Crippen LogP contribution in [0.25, 0.3) is 0 Å². The van der Waals surface area contributed by atoms with Gasteiger partial charge in [-0.1, -0.05) is 40.5 Å². The van der Waals surface area contributed by atoms with Gasteiger partial charge in [-0.05, 0) is 41.9 Å². The van der Waals surface area contributed by atoms with Gasteiger partial charge in [-0.15, -0.1) is 0 Å². The Labute approximate surface area is 83.1 Å². The van der Waals surface area contributed by atoms with Crippen molar-refractivity contribution in [3.63, 3.8) is 0 Å². The van der Waals surface area contributed by atoms with Crippen LogP contribution in [0.4, 0.5) is 0 Å². The van der Waals surface area contributed by atoms with Crippen LogP contribution in [0.3, 0.4) is 0 Å². The molecule has 0 heterocycles. The fourth-order valence-corrected chi connectivity index (χ4v) is 4.20. The van der Waals surface area contributed by atoms with Crippen molar-refractivity contribution in [2.45, 2.75) is 47.0 Å². The van der Waals surface area contributed by atoms with Crippen LogP contribution in [-0.2, 0) is 0 Å². The predicted molar refractivity (Wildman–Crippen MR) is 57.5 cm³/mol. The van der Waals surface area contributed by atoms with Crippen LogP contribution in [0.15, 0.2) is 0 Å². The Hall–Kier alpha value is 0. The summed E-state index contributed by atoms with van der Waals surface area (Å²) in [7, 11) is 0. The fourth-order valence-electron chi connectivity index (χ4n) is 4.20. The molecule has 2 fully saturated rings. The van der Waals surface area contributed by atoms with Gasteiger partial charge >= 0.3 is 0 Å². The van der Waals surface area contributed by atoms with Crippen LogP contribution >= 0.6 is 0 Å². The summed E-state index contributed by atoms with van der Waals surface area (Å²) < 4.78 is 0. The molecule has 2 rings (SSSR count). The standard InChI is InChI=1S/C13H24/c1-5-8(2)12-10(4)11-7-6-9(3)13(11)12/h8-13H,5-7H2,1-4H3. The van der Waals surface area contributed by atoms with Crippen molar-refractivity contribution in [3.05, 3.63) is 0 Å². The van der Waals surface area contributed by atoms with Gasteiger partial charge in [-0.3, -0.25) is 0 Å². The normalized spacial score (nSPS) is 51.2. The average molecular weight is 180 g/mol. The van der Waals surface area contributed by atoms with Crippen LogP contribution in [0.1, 0.15) is 47.0 Å². The van der Waals surface area contributed by atoms with Gasteiger partial charge in [0.05, 0.1) is 0 Å². The molecule has 76 valence electrons. The van der Waals surface area contributed by atoms with E-state index in [0.717, 1.165) is 35.5 Å². The van der Waals surface area contributed by atoms with E-state index in [1.165, 1.54) is 19.3 Å². The molecule has 6 unspecified atom stereocenters. The molecule has 2 aliphatic rings. The maximum atomic E-state index is 2.50. The molecule has 0 saturated heterocycles. The minimum absolute atomic E-state index is 0.969. The number of hydrogen-bond acceptors (Lipinski definition) is 0. The molecule has 2 saturated carbocycles. The minimum atomic E-state index is 0.969. The lowest BCUT2D eigenvalue weighted by molar-refractivity contribution is -0.0422. The highest BCUT2D eigenvalue weighted by Gasteiger charge is 2.53. The Kier molecular flexibility index (Phi) is 2.42. The molecule has 0 nitrogen and oxygen atoms in total. The zero-order valence-corrected chi connectivity index (χ0v) is 9.59. The van der Waals surface area contributed by atoms with Crippen LogP contribution in [0.2, 0.25) is 0 Å². The van der Waals surface area contributed by atoms with Gasteiger partial charge in [0.15, 0.2) is 0 Å². The van der Waals surface area contributed by atoms with Crippen molar-refractivity contribution in [1.82, 2.24) is 0 Å². The van der Waals surface area contributed by atoms with Crippen molar-refractivity contribution in [1.29, 1.82) is 0 Å². The highest BCUT2D eigenvalue weighted by molar-refractivity contribution is 5.02. The first kappa shape index (κ1) is 9.55. The maximum Gasteiger partial charge on any atom is -0.0324 e. The summed E-state index contributed by atoms with van der Waals surface area (Å²) in [5.41, 5.74) is 0. The largest absolute Gasteiger partial charge is 0.0651 e. The third-order valence-electron chi connectivity index (χ3n) is 5.13. The first-order valence-corrected chi connectivity index (χ1v) is 6.16. The lowest BCUT2D eigenvalue weighted by atomic mass is 9.53. The van der Waals surface area contributed by atoms with E-state index in [9.17, 15) is 0 Å². The summed E-state index contributed by atoms with van der Waals surface area (Å²) in [6.07, 6.45) is 4.41. The zero-order chi connectivity index (χ0) is 9.59. The molecule has 6 atom stereocenters. The van der Waals surface area contributed by atoms with Crippen molar-refractivity contribution >= 4 is 0 Å². The summed E-state index contributed by atoms with van der Waals surface area (Å²) in [6, 6.07) is 0. The van der Waals surface area contributed by atoms with Crippen molar-refractivity contribution in [3.8, 4) is 0 Å². The molecule has 0 radical (unpaired) electrons. The van der Waals surface area contributed by atoms with E-state index >= 15 is 0 Å². The SMILES string of the molecule is CCC(C)C1C(C)C2CCC(C)C21. The number of rotatable bonds is 2. The van der Waals surface area contributed by atoms with Gasteiger partial charge in [-0.2, -0.15) is 0 Å². The smallest absolute Gasteiger partial charge is 0.0324 e. The van der Waals surface area contributed by atoms with E-state index in [4.69, 9.17) is 0 Å². The van der Waals surface area contributed by atoms with Crippen LogP contribution in [0.5, 0.6) is 0 Å². The fraction of sp³-hybridized carbons (Fsp3) is 1.00. The van der Waals surface area contributed by atoms with Crippen molar-refractivity contribution in [2.75, 3.05) is 0 Å². The second kappa shape index (κ2) is 3.29. The van der Waals surface area contributed by atoms with E-state index in [1.54, 1.807) is 0 Å². The summed E-state index contributed by atoms with van der Waals surface area (Å²) in [6.45, 7) is 9.79. The molecule has 0 heteroatoms. The molecule has 0 bridgehead atoms. The Bertz CT molecular complexity index is 184. The summed E-state index contributed by atoms with van der Waals surface area (Å²) in [4.78, 5) is 0. The van der Waals surface area contributed by atoms with Crippen molar-refractivity contribution in [2.24, 2.45) is 35.5 Å². The molecular formula is C13H24. The zero-order valence-electron chi connectivity index (χ0n) is 9.59. The summed E-state index contributed by atoms with van der Waals surface area (Å²) in [5, 5.41) is 0. The Balaban J connectivity index is 2.05. The second-order valence-electron chi connectivity index (χ2n) is 5.62. The molecule has 0 aliphatic heterocycles. The first-order valence-electron chi connectivity index (χ1n) is 6.16. The quantitative estimate of drug-likeness (QED) is 0.603. The van der Waals surface area contributed by atoms with Gasteiger partial charge in [0.2, 0.25) is 0 Å². The minimum Gasteiger partial charge on any atom is -0.0651 e. The maximum absolute atomic E-state index is 2.50. The van der Waals surface area contributed by atoms with Gasteiger partial charge in [0.1, 0.15) is 0 Å². The lowest BCUT2D eigenvalue weighted by Crippen LogP contribution is -2.47. The van der Waals surface area contributed by atoms with Gasteiger partial charge in [0.25, 0.3) is 0 Å². The molecular weight excluding hydrogens is 156 g/mol. The average Bonchev–Trinajstić information content (AvgIpc) is 2.43. The monoisotopic (exact) mass is 180 g/mol. The third kappa shape index (κ3) is 1.25. The molecule has 2 aliphatic carbocycles. The summed E-state index contributed by atoms with van der Waals surface area (Å²) >= 11 is 0. The Morgan fingerprint density at radius 3 is 2.54 bits per heavy atom. The number of fused-ring (bicyclic) bond motifs is 1. The molecule has 0 aromatic carbocycles. The van der Waals surface area contributed by atoms with Gasteiger partial charge < -0.3 is 0 Å². The molecule has 0 N–H and O–H groups in total. The molecule has 0 spiro atoms. The predicted octanol–water partition coefficient (Wildman–Crippen LogP) is 3.96. The lowest BCUT2D eigenvalue weighted by Gasteiger charge is -2.52. The van der Waals surface area contributed by atoms with Crippen LogP contribution < -0.4 is 0 Å². The third-order valence-corrected chi connectivity index (χ3v) is 5.13.